The minimum atomic E-state index is -0.164. The Labute approximate surface area is 131 Å². The molecule has 0 aliphatic carbocycles. The number of hydrogen-bond acceptors (Lipinski definition) is 3. The van der Waals surface area contributed by atoms with Gasteiger partial charge in [-0.3, -0.25) is 4.79 Å². The van der Waals surface area contributed by atoms with E-state index in [0.717, 1.165) is 24.2 Å². The third kappa shape index (κ3) is 4.33. The molecule has 0 radical (unpaired) electrons. The molecule has 0 fully saturated rings. The van der Waals surface area contributed by atoms with Gasteiger partial charge in [-0.1, -0.05) is 43.3 Å². The van der Waals surface area contributed by atoms with E-state index in [0.29, 0.717) is 24.4 Å². The highest BCUT2D eigenvalue weighted by molar-refractivity contribution is 5.99. The van der Waals surface area contributed by atoms with Crippen LogP contribution >= 0.6 is 0 Å². The number of carbonyl (C=O) groups excluding carboxylic acids is 1. The molecule has 0 unspecified atom stereocenters. The maximum absolute atomic E-state index is 12.2. The van der Waals surface area contributed by atoms with Crippen LogP contribution in [0.2, 0.25) is 0 Å². The first kappa shape index (κ1) is 16.0. The van der Waals surface area contributed by atoms with Gasteiger partial charge in [0.15, 0.2) is 0 Å². The van der Waals surface area contributed by atoms with Gasteiger partial charge in [0, 0.05) is 18.8 Å². The number of nitrogens with two attached hydrogens (primary N) is 1. The van der Waals surface area contributed by atoms with Crippen LogP contribution in [-0.4, -0.2) is 12.5 Å². The summed E-state index contributed by atoms with van der Waals surface area (Å²) >= 11 is 0. The van der Waals surface area contributed by atoms with Crippen molar-refractivity contribution in [3.05, 3.63) is 65.2 Å². The monoisotopic (exact) mass is 298 g/mol. The summed E-state index contributed by atoms with van der Waals surface area (Å²) < 4.78 is 5.59. The molecule has 0 aliphatic rings. The summed E-state index contributed by atoms with van der Waals surface area (Å²) in [6, 6.07) is 15.0. The number of nitrogen functional groups attached to an aromatic ring is 1. The van der Waals surface area contributed by atoms with Gasteiger partial charge in [-0.15, -0.1) is 0 Å². The van der Waals surface area contributed by atoms with Crippen molar-refractivity contribution in [3.63, 3.8) is 0 Å². The highest BCUT2D eigenvalue weighted by atomic mass is 16.5. The Morgan fingerprint density at radius 3 is 2.50 bits per heavy atom. The number of nitrogens with one attached hydrogen (secondary N) is 1. The molecule has 0 spiro atoms. The second kappa shape index (κ2) is 8.20. The lowest BCUT2D eigenvalue weighted by molar-refractivity contribution is 0.0950. The normalized spacial score (nSPS) is 10.4. The van der Waals surface area contributed by atoms with Crippen molar-refractivity contribution in [2.24, 2.45) is 0 Å². The fourth-order valence-corrected chi connectivity index (χ4v) is 2.17. The Balaban J connectivity index is 1.99. The van der Waals surface area contributed by atoms with Gasteiger partial charge < -0.3 is 15.8 Å². The molecule has 0 aliphatic heterocycles. The largest absolute Gasteiger partial charge is 0.398 e. The molecule has 2 aromatic carbocycles. The number of carbonyl (C=O) groups is 1. The van der Waals surface area contributed by atoms with Crippen molar-refractivity contribution in [1.29, 1.82) is 0 Å². The summed E-state index contributed by atoms with van der Waals surface area (Å²) in [5.41, 5.74) is 8.96. The van der Waals surface area contributed by atoms with E-state index in [1.165, 1.54) is 0 Å². The van der Waals surface area contributed by atoms with Crippen LogP contribution in [-0.2, 0) is 17.9 Å². The van der Waals surface area contributed by atoms with Crippen LogP contribution in [0.1, 0.15) is 34.8 Å². The van der Waals surface area contributed by atoms with Crippen LogP contribution in [0.3, 0.4) is 0 Å². The molecule has 22 heavy (non-hydrogen) atoms. The molecule has 3 N–H and O–H groups in total. The molecule has 4 heteroatoms. The smallest absolute Gasteiger partial charge is 0.253 e. The second-order valence-corrected chi connectivity index (χ2v) is 5.09. The van der Waals surface area contributed by atoms with Gasteiger partial charge in [0.05, 0.1) is 12.2 Å². The molecule has 116 valence electrons. The van der Waals surface area contributed by atoms with Gasteiger partial charge in [-0.2, -0.15) is 0 Å². The molecule has 0 aromatic heterocycles. The number of ether oxygens (including phenoxy) is 1. The minimum absolute atomic E-state index is 0.164. The molecular formula is C18H22N2O2. The molecule has 2 rings (SSSR count). The summed E-state index contributed by atoms with van der Waals surface area (Å²) in [4.78, 5) is 12.2. The molecule has 4 nitrogen and oxygen atoms in total. The van der Waals surface area contributed by atoms with Crippen LogP contribution in [0.5, 0.6) is 0 Å². The van der Waals surface area contributed by atoms with Crippen molar-refractivity contribution in [2.75, 3.05) is 12.3 Å². The Hall–Kier alpha value is -2.33. The summed E-state index contributed by atoms with van der Waals surface area (Å²) in [6.07, 6.45) is 0.992. The van der Waals surface area contributed by atoms with E-state index in [-0.39, 0.29) is 5.91 Å². The Bertz CT molecular complexity index is 626. The first-order valence-electron chi connectivity index (χ1n) is 7.49. The van der Waals surface area contributed by atoms with E-state index >= 15 is 0 Å². The maximum Gasteiger partial charge on any atom is 0.253 e. The highest BCUT2D eigenvalue weighted by Gasteiger charge is 2.09. The summed E-state index contributed by atoms with van der Waals surface area (Å²) in [7, 11) is 0. The van der Waals surface area contributed by atoms with E-state index in [4.69, 9.17) is 10.5 Å². The molecule has 2 aromatic rings. The Kier molecular flexibility index (Phi) is 5.98. The predicted octanol–water partition coefficient (Wildman–Crippen LogP) is 3.13. The Morgan fingerprint density at radius 2 is 1.77 bits per heavy atom. The summed E-state index contributed by atoms with van der Waals surface area (Å²) in [5.74, 6) is -0.164. The molecule has 0 saturated heterocycles. The number of amides is 1. The van der Waals surface area contributed by atoms with Gasteiger partial charge in [0.2, 0.25) is 0 Å². The van der Waals surface area contributed by atoms with Crippen molar-refractivity contribution >= 4 is 11.6 Å². The maximum atomic E-state index is 12.2. The predicted molar refractivity (Wildman–Crippen MR) is 88.4 cm³/mol. The average Bonchev–Trinajstić information content (AvgIpc) is 2.54. The first-order valence-corrected chi connectivity index (χ1v) is 7.49. The molecular weight excluding hydrogens is 276 g/mol. The molecule has 0 atom stereocenters. The van der Waals surface area contributed by atoms with E-state index in [9.17, 15) is 4.79 Å². The van der Waals surface area contributed by atoms with Crippen LogP contribution in [0.15, 0.2) is 48.5 Å². The number of hydrogen-bond donors (Lipinski definition) is 2. The van der Waals surface area contributed by atoms with Crippen LogP contribution in [0.25, 0.3) is 0 Å². The minimum Gasteiger partial charge on any atom is -0.398 e. The molecule has 0 heterocycles. The summed E-state index contributed by atoms with van der Waals surface area (Å²) in [6.45, 7) is 3.84. The number of benzene rings is 2. The number of rotatable bonds is 7. The van der Waals surface area contributed by atoms with Gasteiger partial charge in [0.1, 0.15) is 0 Å². The van der Waals surface area contributed by atoms with E-state index in [1.807, 2.05) is 30.3 Å². The van der Waals surface area contributed by atoms with Crippen molar-refractivity contribution < 1.29 is 9.53 Å². The lowest BCUT2D eigenvalue weighted by Gasteiger charge is -2.12. The van der Waals surface area contributed by atoms with Crippen molar-refractivity contribution in [2.45, 2.75) is 26.5 Å². The van der Waals surface area contributed by atoms with Gasteiger partial charge in [0.25, 0.3) is 5.91 Å². The molecule has 1 amide bonds. The van der Waals surface area contributed by atoms with Gasteiger partial charge >= 0.3 is 0 Å². The second-order valence-electron chi connectivity index (χ2n) is 5.09. The quantitative estimate of drug-likeness (QED) is 0.610. The Morgan fingerprint density at radius 1 is 1.09 bits per heavy atom. The fraction of sp³-hybridized carbons (Fsp3) is 0.278. The highest BCUT2D eigenvalue weighted by Crippen LogP contribution is 2.13. The fourth-order valence-electron chi connectivity index (χ4n) is 2.17. The third-order valence-electron chi connectivity index (χ3n) is 3.37. The zero-order valence-electron chi connectivity index (χ0n) is 12.8. The lowest BCUT2D eigenvalue weighted by atomic mass is 10.1. The van der Waals surface area contributed by atoms with Crippen molar-refractivity contribution in [3.8, 4) is 0 Å². The third-order valence-corrected chi connectivity index (χ3v) is 3.37. The summed E-state index contributed by atoms with van der Waals surface area (Å²) in [5, 5.41) is 2.91. The lowest BCUT2D eigenvalue weighted by Crippen LogP contribution is -2.24. The van der Waals surface area contributed by atoms with E-state index < -0.39 is 0 Å². The molecule has 0 bridgehead atoms. The topological polar surface area (TPSA) is 64.3 Å². The van der Waals surface area contributed by atoms with Crippen LogP contribution in [0.4, 0.5) is 5.69 Å². The SMILES string of the molecule is CCCOCc1ccccc1CNC(=O)c1ccccc1N. The van der Waals surface area contributed by atoms with E-state index in [2.05, 4.69) is 12.2 Å². The van der Waals surface area contributed by atoms with Crippen LogP contribution < -0.4 is 11.1 Å². The van der Waals surface area contributed by atoms with Crippen molar-refractivity contribution in [1.82, 2.24) is 5.32 Å². The van der Waals surface area contributed by atoms with Gasteiger partial charge in [-0.05, 0) is 29.7 Å². The van der Waals surface area contributed by atoms with Gasteiger partial charge in [-0.25, -0.2) is 0 Å². The zero-order valence-corrected chi connectivity index (χ0v) is 12.8. The number of para-hydroxylation sites is 1. The standard InChI is InChI=1S/C18H22N2O2/c1-2-11-22-13-15-8-4-3-7-14(15)12-20-18(21)16-9-5-6-10-17(16)19/h3-10H,2,11-13,19H2,1H3,(H,20,21). The first-order chi connectivity index (χ1) is 10.7. The zero-order chi connectivity index (χ0) is 15.8. The number of anilines is 1. The molecule has 0 saturated carbocycles. The van der Waals surface area contributed by atoms with Crippen LogP contribution in [0, 0.1) is 0 Å². The average molecular weight is 298 g/mol. The van der Waals surface area contributed by atoms with E-state index in [1.54, 1.807) is 18.2 Å².